The minimum Gasteiger partial charge on any atom is -0.461 e. The van der Waals surface area contributed by atoms with Crippen LogP contribution in [0.1, 0.15) is 23.0 Å². The zero-order valence-electron chi connectivity index (χ0n) is 12.4. The van der Waals surface area contributed by atoms with E-state index in [1.54, 1.807) is 19.1 Å². The lowest BCUT2D eigenvalue weighted by Crippen LogP contribution is -2.12. The van der Waals surface area contributed by atoms with Gasteiger partial charge in [-0.05, 0) is 13.0 Å². The molecule has 0 saturated carbocycles. The highest BCUT2D eigenvalue weighted by atomic mass is 16.7. The summed E-state index contributed by atoms with van der Waals surface area (Å²) in [6.07, 6.45) is -0.261. The number of hydrogen-bond acceptors (Lipinski definition) is 7. The van der Waals surface area contributed by atoms with Crippen LogP contribution in [0, 0.1) is 10.1 Å². The zero-order chi connectivity index (χ0) is 16.4. The molecule has 9 heteroatoms. The minimum absolute atomic E-state index is 0.102. The molecule has 1 saturated heterocycles. The summed E-state index contributed by atoms with van der Waals surface area (Å²) >= 11 is 0. The Hall–Kier alpha value is -2.52. The van der Waals surface area contributed by atoms with Crippen LogP contribution < -0.4 is 0 Å². The van der Waals surface area contributed by atoms with E-state index < -0.39 is 17.2 Å². The number of H-pyrrole nitrogens is 1. The highest BCUT2D eigenvalue weighted by Gasteiger charge is 2.28. The van der Waals surface area contributed by atoms with E-state index in [1.807, 2.05) is 0 Å². The summed E-state index contributed by atoms with van der Waals surface area (Å²) in [7, 11) is 0. The number of hydrogen-bond donors (Lipinski definition) is 1. The van der Waals surface area contributed by atoms with Gasteiger partial charge in [0.25, 0.3) is 0 Å². The van der Waals surface area contributed by atoms with Gasteiger partial charge in [-0.1, -0.05) is 6.07 Å². The van der Waals surface area contributed by atoms with E-state index in [1.165, 1.54) is 0 Å². The van der Waals surface area contributed by atoms with Gasteiger partial charge in [-0.15, -0.1) is 0 Å². The van der Waals surface area contributed by atoms with E-state index in [9.17, 15) is 14.9 Å². The third kappa shape index (κ3) is 2.88. The molecule has 3 rings (SSSR count). The molecule has 0 bridgehead atoms. The van der Waals surface area contributed by atoms with Gasteiger partial charge in [0, 0.05) is 17.4 Å². The van der Waals surface area contributed by atoms with E-state index in [2.05, 4.69) is 10.2 Å². The molecule has 2 aromatic rings. The molecule has 0 radical (unpaired) electrons. The van der Waals surface area contributed by atoms with Crippen LogP contribution in [0.5, 0.6) is 0 Å². The Morgan fingerprint density at radius 2 is 2.22 bits per heavy atom. The van der Waals surface area contributed by atoms with Gasteiger partial charge in [-0.3, -0.25) is 15.2 Å². The molecule has 23 heavy (non-hydrogen) atoms. The molecule has 0 aliphatic carbocycles. The van der Waals surface area contributed by atoms with Crippen LogP contribution in [-0.2, 0) is 20.6 Å². The van der Waals surface area contributed by atoms with Crippen molar-refractivity contribution in [1.29, 1.82) is 0 Å². The van der Waals surface area contributed by atoms with E-state index >= 15 is 0 Å². The second kappa shape index (κ2) is 6.31. The number of nitro groups is 1. The fourth-order valence-electron chi connectivity index (χ4n) is 2.54. The van der Waals surface area contributed by atoms with Crippen molar-refractivity contribution >= 4 is 22.6 Å². The largest absolute Gasteiger partial charge is 0.461 e. The molecule has 0 amide bonds. The quantitative estimate of drug-likeness (QED) is 0.504. The van der Waals surface area contributed by atoms with E-state index in [0.717, 1.165) is 0 Å². The third-order valence-corrected chi connectivity index (χ3v) is 3.52. The van der Waals surface area contributed by atoms with Crippen LogP contribution in [0.15, 0.2) is 12.1 Å². The number of carbonyl (C=O) groups excluding carboxylic acids is 1. The Labute approximate surface area is 130 Å². The molecule has 1 aromatic carbocycles. The van der Waals surface area contributed by atoms with Gasteiger partial charge in [-0.2, -0.15) is 5.10 Å². The number of rotatable bonds is 5. The molecule has 0 unspecified atom stereocenters. The third-order valence-electron chi connectivity index (χ3n) is 3.52. The van der Waals surface area contributed by atoms with E-state index in [0.29, 0.717) is 24.2 Å². The summed E-state index contributed by atoms with van der Waals surface area (Å²) in [6.45, 7) is 2.82. The van der Waals surface area contributed by atoms with Crippen LogP contribution in [0.3, 0.4) is 0 Å². The zero-order valence-corrected chi connectivity index (χ0v) is 12.4. The Kier molecular flexibility index (Phi) is 4.22. The summed E-state index contributed by atoms with van der Waals surface area (Å²) in [5, 5.41) is 18.3. The van der Waals surface area contributed by atoms with E-state index in [4.69, 9.17) is 14.2 Å². The normalized spacial score (nSPS) is 15.2. The van der Waals surface area contributed by atoms with Crippen LogP contribution in [0.4, 0.5) is 5.69 Å². The maximum atomic E-state index is 11.9. The average Bonchev–Trinajstić information content (AvgIpc) is 3.15. The van der Waals surface area contributed by atoms with Gasteiger partial charge < -0.3 is 14.2 Å². The van der Waals surface area contributed by atoms with Crippen molar-refractivity contribution < 1.29 is 23.9 Å². The summed E-state index contributed by atoms with van der Waals surface area (Å²) in [5.41, 5.74) is 0.503. The van der Waals surface area contributed by atoms with Crippen molar-refractivity contribution in [3.05, 3.63) is 33.5 Å². The monoisotopic (exact) mass is 321 g/mol. The maximum Gasteiger partial charge on any atom is 0.356 e. The lowest BCUT2D eigenvalue weighted by atomic mass is 10.1. The van der Waals surface area contributed by atoms with E-state index in [-0.39, 0.29) is 29.9 Å². The number of esters is 1. The van der Waals surface area contributed by atoms with Gasteiger partial charge in [0.15, 0.2) is 17.5 Å². The first-order valence-corrected chi connectivity index (χ1v) is 7.16. The molecule has 1 aliphatic rings. The molecule has 1 aliphatic heterocycles. The number of carbonyl (C=O) groups is 1. The number of nitrogens with one attached hydrogen (secondary N) is 1. The van der Waals surface area contributed by atoms with Crippen LogP contribution in [0.25, 0.3) is 10.9 Å². The first-order chi connectivity index (χ1) is 11.1. The van der Waals surface area contributed by atoms with Crippen molar-refractivity contribution in [3.63, 3.8) is 0 Å². The highest BCUT2D eigenvalue weighted by Crippen LogP contribution is 2.31. The number of nitrogens with zero attached hydrogens (tertiary/aromatic N) is 2. The fraction of sp³-hybridized carbons (Fsp3) is 0.429. The van der Waals surface area contributed by atoms with Crippen molar-refractivity contribution in [2.45, 2.75) is 19.6 Å². The van der Waals surface area contributed by atoms with Crippen LogP contribution in [-0.4, -0.2) is 47.2 Å². The molecular formula is C14H15N3O6. The Bertz CT molecular complexity index is 750. The number of ether oxygens (including phenoxy) is 3. The molecule has 0 spiro atoms. The Morgan fingerprint density at radius 3 is 2.87 bits per heavy atom. The van der Waals surface area contributed by atoms with Gasteiger partial charge in [0.2, 0.25) is 0 Å². The molecular weight excluding hydrogens is 306 g/mol. The molecule has 1 fully saturated rings. The summed E-state index contributed by atoms with van der Waals surface area (Å²) in [5.74, 6) is -0.598. The number of nitro benzene ring substituents is 1. The molecule has 1 N–H and O–H groups in total. The number of benzene rings is 1. The highest BCUT2D eigenvalue weighted by molar-refractivity contribution is 6.04. The lowest BCUT2D eigenvalue weighted by molar-refractivity contribution is -0.384. The van der Waals surface area contributed by atoms with Crippen molar-refractivity contribution in [1.82, 2.24) is 10.2 Å². The predicted octanol–water partition coefficient (Wildman–Crippen LogP) is 1.56. The van der Waals surface area contributed by atoms with Crippen molar-refractivity contribution in [2.75, 3.05) is 19.8 Å². The van der Waals surface area contributed by atoms with Gasteiger partial charge >= 0.3 is 11.7 Å². The molecule has 2 heterocycles. The van der Waals surface area contributed by atoms with Crippen molar-refractivity contribution in [3.8, 4) is 0 Å². The van der Waals surface area contributed by atoms with Crippen molar-refractivity contribution in [2.24, 2.45) is 0 Å². The van der Waals surface area contributed by atoms with Gasteiger partial charge in [-0.25, -0.2) is 4.79 Å². The number of aromatic amines is 1. The topological polar surface area (TPSA) is 117 Å². The fourth-order valence-corrected chi connectivity index (χ4v) is 2.54. The summed E-state index contributed by atoms with van der Waals surface area (Å²) in [4.78, 5) is 22.8. The van der Waals surface area contributed by atoms with Crippen LogP contribution in [0.2, 0.25) is 0 Å². The predicted molar refractivity (Wildman–Crippen MR) is 78.1 cm³/mol. The summed E-state index contributed by atoms with van der Waals surface area (Å²) < 4.78 is 15.6. The first-order valence-electron chi connectivity index (χ1n) is 7.16. The number of fused-ring (bicyclic) bond motifs is 1. The molecule has 1 aromatic heterocycles. The first kappa shape index (κ1) is 15.4. The molecule has 122 valence electrons. The molecule has 9 nitrogen and oxygen atoms in total. The van der Waals surface area contributed by atoms with Gasteiger partial charge in [0.1, 0.15) is 0 Å². The van der Waals surface area contributed by atoms with Gasteiger partial charge in [0.05, 0.1) is 24.7 Å². The second-order valence-electron chi connectivity index (χ2n) is 4.92. The Morgan fingerprint density at radius 1 is 1.48 bits per heavy atom. The minimum atomic E-state index is -0.598. The number of aromatic nitrogens is 2. The average molecular weight is 321 g/mol. The second-order valence-corrected chi connectivity index (χ2v) is 4.92. The smallest absolute Gasteiger partial charge is 0.356 e. The molecule has 0 atom stereocenters. The summed E-state index contributed by atoms with van der Waals surface area (Å²) in [6, 6.07) is 3.20. The Balaban J connectivity index is 2.04. The van der Waals surface area contributed by atoms with Crippen LogP contribution >= 0.6 is 0 Å². The SMILES string of the molecule is CCOC(=O)c1[nH]nc2c([N+](=O)[O-])c(CC3OCCO3)ccc12. The lowest BCUT2D eigenvalue weighted by Gasteiger charge is -2.09. The standard InChI is InChI=1S/C14H15N3O6/c1-2-21-14(18)12-9-4-3-8(7-10-22-5-6-23-10)13(17(19)20)11(9)15-16-12/h3-4,10H,2,5-7H2,1H3,(H,15,16). The maximum absolute atomic E-state index is 11.9.